The van der Waals surface area contributed by atoms with Gasteiger partial charge in [0.15, 0.2) is 0 Å². The first-order valence-corrected chi connectivity index (χ1v) is 5.93. The number of aldehydes is 1. The molecule has 1 rings (SSSR count). The van der Waals surface area contributed by atoms with Gasteiger partial charge >= 0.3 is 5.97 Å². The molecule has 5 heteroatoms. The second-order valence-corrected chi connectivity index (χ2v) is 4.46. The first kappa shape index (κ1) is 14.9. The minimum atomic E-state index is -0.691. The van der Waals surface area contributed by atoms with Crippen LogP contribution in [0.15, 0.2) is 24.3 Å². The van der Waals surface area contributed by atoms with Gasteiger partial charge in [0.25, 0.3) is 5.91 Å². The highest BCUT2D eigenvalue weighted by molar-refractivity contribution is 5.97. The molecular formula is C14H17NO4. The fraction of sp³-hybridized carbons (Fsp3) is 0.357. The zero-order valence-electron chi connectivity index (χ0n) is 11.2. The molecule has 19 heavy (non-hydrogen) atoms. The minimum Gasteiger partial charge on any atom is -0.467 e. The van der Waals surface area contributed by atoms with Gasteiger partial charge in [0, 0.05) is 11.1 Å². The number of amides is 1. The van der Waals surface area contributed by atoms with E-state index < -0.39 is 12.0 Å². The zero-order valence-corrected chi connectivity index (χ0v) is 11.2. The lowest BCUT2D eigenvalue weighted by atomic mass is 10.0. The molecule has 0 fully saturated rings. The molecule has 0 saturated heterocycles. The molecule has 1 aromatic carbocycles. The van der Waals surface area contributed by atoms with E-state index in [1.165, 1.54) is 19.2 Å². The van der Waals surface area contributed by atoms with E-state index in [0.717, 1.165) is 0 Å². The first-order valence-electron chi connectivity index (χ1n) is 5.93. The van der Waals surface area contributed by atoms with E-state index in [2.05, 4.69) is 10.1 Å². The van der Waals surface area contributed by atoms with Crippen LogP contribution in [-0.4, -0.2) is 31.3 Å². The van der Waals surface area contributed by atoms with Crippen molar-refractivity contribution in [1.29, 1.82) is 0 Å². The number of benzene rings is 1. The van der Waals surface area contributed by atoms with Crippen LogP contribution in [0.2, 0.25) is 0 Å². The van der Waals surface area contributed by atoms with Crippen molar-refractivity contribution in [1.82, 2.24) is 5.32 Å². The summed E-state index contributed by atoms with van der Waals surface area (Å²) in [5.74, 6) is -0.931. The standard InChI is InChI=1S/C14H17NO4/c1-9(2)12(14(18)19-3)15-13(17)11-6-4-10(8-16)5-7-11/h4-9,12H,1-3H3,(H,15,17)/t12-/m0/s1. The average Bonchev–Trinajstić information content (AvgIpc) is 2.43. The van der Waals surface area contributed by atoms with E-state index in [-0.39, 0.29) is 11.8 Å². The Balaban J connectivity index is 2.81. The normalized spacial score (nSPS) is 11.8. The summed E-state index contributed by atoms with van der Waals surface area (Å²) < 4.78 is 4.65. The molecule has 0 aliphatic carbocycles. The van der Waals surface area contributed by atoms with Gasteiger partial charge in [-0.3, -0.25) is 9.59 Å². The molecule has 0 aromatic heterocycles. The number of carbonyl (C=O) groups is 3. The molecule has 5 nitrogen and oxygen atoms in total. The Kier molecular flexibility index (Phi) is 5.23. The Bertz CT molecular complexity index is 465. The summed E-state index contributed by atoms with van der Waals surface area (Å²) in [6.45, 7) is 3.63. The van der Waals surface area contributed by atoms with Crippen LogP contribution in [0.25, 0.3) is 0 Å². The largest absolute Gasteiger partial charge is 0.467 e. The van der Waals surface area contributed by atoms with Crippen LogP contribution >= 0.6 is 0 Å². The predicted octanol–water partition coefficient (Wildman–Crippen LogP) is 1.43. The molecule has 0 aliphatic rings. The smallest absolute Gasteiger partial charge is 0.328 e. The number of esters is 1. The van der Waals surface area contributed by atoms with E-state index in [1.807, 2.05) is 13.8 Å². The SMILES string of the molecule is COC(=O)[C@@H](NC(=O)c1ccc(C=O)cc1)C(C)C. The number of ether oxygens (including phenoxy) is 1. The summed E-state index contributed by atoms with van der Waals surface area (Å²) in [7, 11) is 1.28. The van der Waals surface area contributed by atoms with Crippen molar-refractivity contribution >= 4 is 18.2 Å². The molecule has 0 radical (unpaired) electrons. The Morgan fingerprint density at radius 1 is 1.21 bits per heavy atom. The fourth-order valence-electron chi connectivity index (χ4n) is 1.56. The van der Waals surface area contributed by atoms with Crippen LogP contribution in [0, 0.1) is 5.92 Å². The summed E-state index contributed by atoms with van der Waals surface area (Å²) >= 11 is 0. The van der Waals surface area contributed by atoms with Gasteiger partial charge in [0.05, 0.1) is 7.11 Å². The van der Waals surface area contributed by atoms with Crippen molar-refractivity contribution in [2.45, 2.75) is 19.9 Å². The van der Waals surface area contributed by atoms with Crippen molar-refractivity contribution in [3.8, 4) is 0 Å². The molecule has 0 aliphatic heterocycles. The maximum atomic E-state index is 12.0. The quantitative estimate of drug-likeness (QED) is 0.644. The van der Waals surface area contributed by atoms with Crippen molar-refractivity contribution in [3.63, 3.8) is 0 Å². The highest BCUT2D eigenvalue weighted by Crippen LogP contribution is 2.07. The van der Waals surface area contributed by atoms with Crippen LogP contribution in [-0.2, 0) is 9.53 Å². The molecule has 0 bridgehead atoms. The molecule has 1 aromatic rings. The molecule has 1 N–H and O–H groups in total. The van der Waals surface area contributed by atoms with Gasteiger partial charge in [-0.15, -0.1) is 0 Å². The Labute approximate surface area is 111 Å². The Morgan fingerprint density at radius 3 is 2.21 bits per heavy atom. The zero-order chi connectivity index (χ0) is 14.4. The van der Waals surface area contributed by atoms with E-state index in [4.69, 9.17) is 0 Å². The van der Waals surface area contributed by atoms with Crippen LogP contribution in [0.5, 0.6) is 0 Å². The average molecular weight is 263 g/mol. The number of hydrogen-bond donors (Lipinski definition) is 1. The van der Waals surface area contributed by atoms with Crippen LogP contribution in [0.1, 0.15) is 34.6 Å². The molecule has 102 valence electrons. The fourth-order valence-corrected chi connectivity index (χ4v) is 1.56. The number of methoxy groups -OCH3 is 1. The summed E-state index contributed by atoms with van der Waals surface area (Å²) in [6.07, 6.45) is 0.701. The van der Waals surface area contributed by atoms with Crippen molar-refractivity contribution in [3.05, 3.63) is 35.4 Å². The lowest BCUT2D eigenvalue weighted by Gasteiger charge is -2.19. The third-order valence-electron chi connectivity index (χ3n) is 2.72. The van der Waals surface area contributed by atoms with E-state index >= 15 is 0 Å². The highest BCUT2D eigenvalue weighted by atomic mass is 16.5. The molecule has 0 saturated carbocycles. The minimum absolute atomic E-state index is 0.0781. The van der Waals surface area contributed by atoms with Gasteiger partial charge in [-0.25, -0.2) is 4.79 Å². The molecular weight excluding hydrogens is 246 g/mol. The van der Waals surface area contributed by atoms with E-state index in [9.17, 15) is 14.4 Å². The summed E-state index contributed by atoms with van der Waals surface area (Å²) in [6, 6.07) is 5.47. The molecule has 0 spiro atoms. The van der Waals surface area contributed by atoms with Crippen molar-refractivity contribution in [2.24, 2.45) is 5.92 Å². The maximum Gasteiger partial charge on any atom is 0.328 e. The van der Waals surface area contributed by atoms with Crippen molar-refractivity contribution < 1.29 is 19.1 Å². The van der Waals surface area contributed by atoms with E-state index in [1.54, 1.807) is 12.1 Å². The van der Waals surface area contributed by atoms with Crippen LogP contribution in [0.3, 0.4) is 0 Å². The second kappa shape index (κ2) is 6.68. The number of nitrogens with one attached hydrogen (secondary N) is 1. The van der Waals surface area contributed by atoms with E-state index in [0.29, 0.717) is 17.4 Å². The van der Waals surface area contributed by atoms with Gasteiger partial charge in [0.1, 0.15) is 12.3 Å². The third kappa shape index (κ3) is 3.91. The Morgan fingerprint density at radius 2 is 1.79 bits per heavy atom. The van der Waals surface area contributed by atoms with Crippen LogP contribution < -0.4 is 5.32 Å². The summed E-state index contributed by atoms with van der Waals surface area (Å²) in [5.41, 5.74) is 0.880. The summed E-state index contributed by atoms with van der Waals surface area (Å²) in [5, 5.41) is 2.62. The van der Waals surface area contributed by atoms with Gasteiger partial charge < -0.3 is 10.1 Å². The third-order valence-corrected chi connectivity index (χ3v) is 2.72. The molecule has 1 atom stereocenters. The van der Waals surface area contributed by atoms with Crippen molar-refractivity contribution in [2.75, 3.05) is 7.11 Å². The second-order valence-electron chi connectivity index (χ2n) is 4.46. The molecule has 0 unspecified atom stereocenters. The first-order chi connectivity index (χ1) is 8.99. The lowest BCUT2D eigenvalue weighted by molar-refractivity contribution is -0.144. The summed E-state index contributed by atoms with van der Waals surface area (Å²) in [4.78, 5) is 34.0. The topological polar surface area (TPSA) is 72.5 Å². The number of carbonyl (C=O) groups excluding carboxylic acids is 3. The number of rotatable bonds is 5. The highest BCUT2D eigenvalue weighted by Gasteiger charge is 2.25. The van der Waals surface area contributed by atoms with Gasteiger partial charge in [-0.1, -0.05) is 26.0 Å². The van der Waals surface area contributed by atoms with Gasteiger partial charge in [-0.05, 0) is 18.1 Å². The van der Waals surface area contributed by atoms with Crippen LogP contribution in [0.4, 0.5) is 0 Å². The Hall–Kier alpha value is -2.17. The van der Waals surface area contributed by atoms with Gasteiger partial charge in [0.2, 0.25) is 0 Å². The maximum absolute atomic E-state index is 12.0. The molecule has 1 amide bonds. The molecule has 0 heterocycles. The lowest BCUT2D eigenvalue weighted by Crippen LogP contribution is -2.45. The monoisotopic (exact) mass is 263 g/mol. The van der Waals surface area contributed by atoms with Gasteiger partial charge in [-0.2, -0.15) is 0 Å². The number of hydrogen-bond acceptors (Lipinski definition) is 4. The predicted molar refractivity (Wildman–Crippen MR) is 69.9 cm³/mol.